The normalized spacial score (nSPS) is 18.8. The number of aromatic hydroxyl groups is 1. The number of phenols is 1. The third-order valence-electron chi connectivity index (χ3n) is 3.60. The number of aromatic nitrogens is 1. The first kappa shape index (κ1) is 10.7. The summed E-state index contributed by atoms with van der Waals surface area (Å²) in [5.41, 5.74) is 3.56. The number of aromatic amines is 1. The van der Waals surface area contributed by atoms with Crippen LogP contribution in [0.3, 0.4) is 0 Å². The second-order valence-corrected chi connectivity index (χ2v) is 4.87. The fourth-order valence-electron chi connectivity index (χ4n) is 2.81. The maximum atomic E-state index is 9.79. The lowest BCUT2D eigenvalue weighted by Crippen LogP contribution is -2.35. The summed E-state index contributed by atoms with van der Waals surface area (Å²) in [4.78, 5) is 3.19. The molecule has 0 fully saturated rings. The van der Waals surface area contributed by atoms with Crippen LogP contribution in [0.2, 0.25) is 0 Å². The molecule has 1 aromatic carbocycles. The van der Waals surface area contributed by atoms with Crippen LogP contribution in [0.25, 0.3) is 10.9 Å². The summed E-state index contributed by atoms with van der Waals surface area (Å²) in [6.07, 6.45) is 5.31. The molecule has 3 N–H and O–H groups in total. The van der Waals surface area contributed by atoms with E-state index in [2.05, 4.69) is 23.3 Å². The molecule has 0 bridgehead atoms. The predicted octanol–water partition coefficient (Wildman–Crippen LogP) is 2.34. The van der Waals surface area contributed by atoms with Gasteiger partial charge in [0.05, 0.1) is 5.52 Å². The van der Waals surface area contributed by atoms with Gasteiger partial charge >= 0.3 is 0 Å². The fourth-order valence-corrected chi connectivity index (χ4v) is 2.81. The molecular weight excluding hydrogens is 212 g/mol. The quantitative estimate of drug-likeness (QED) is 0.758. The molecule has 90 valence electrons. The van der Waals surface area contributed by atoms with Gasteiger partial charge in [-0.1, -0.05) is 13.0 Å². The lowest BCUT2D eigenvalue weighted by molar-refractivity contribution is 0.479. The molecule has 0 saturated carbocycles. The average Bonchev–Trinajstić information content (AvgIpc) is 2.76. The van der Waals surface area contributed by atoms with Crippen molar-refractivity contribution in [1.82, 2.24) is 10.3 Å². The number of hydrogen-bond donors (Lipinski definition) is 3. The van der Waals surface area contributed by atoms with Crippen molar-refractivity contribution < 1.29 is 5.11 Å². The van der Waals surface area contributed by atoms with Gasteiger partial charge in [-0.3, -0.25) is 0 Å². The van der Waals surface area contributed by atoms with Crippen LogP contribution in [-0.4, -0.2) is 22.7 Å². The van der Waals surface area contributed by atoms with E-state index in [-0.39, 0.29) is 0 Å². The van der Waals surface area contributed by atoms with Crippen LogP contribution < -0.4 is 5.32 Å². The molecule has 2 aromatic rings. The first-order valence-electron chi connectivity index (χ1n) is 6.33. The van der Waals surface area contributed by atoms with E-state index in [0.29, 0.717) is 11.8 Å². The molecule has 0 spiro atoms. The Balaban J connectivity index is 1.98. The SMILES string of the molecule is CCCNC1Cc2ccc(O)c3[nH]cc(c23)C1. The molecule has 0 radical (unpaired) electrons. The minimum atomic E-state index is 0.356. The van der Waals surface area contributed by atoms with Crippen LogP contribution in [0.4, 0.5) is 0 Å². The Morgan fingerprint density at radius 1 is 1.35 bits per heavy atom. The van der Waals surface area contributed by atoms with E-state index in [9.17, 15) is 5.11 Å². The van der Waals surface area contributed by atoms with Gasteiger partial charge in [-0.25, -0.2) is 0 Å². The number of nitrogens with one attached hydrogen (secondary N) is 2. The van der Waals surface area contributed by atoms with Gasteiger partial charge in [-0.05, 0) is 43.0 Å². The van der Waals surface area contributed by atoms with Crippen molar-refractivity contribution in [2.45, 2.75) is 32.2 Å². The molecule has 1 aromatic heterocycles. The molecule has 1 heterocycles. The second-order valence-electron chi connectivity index (χ2n) is 4.87. The Hall–Kier alpha value is -1.48. The largest absolute Gasteiger partial charge is 0.506 e. The molecule has 0 aliphatic heterocycles. The summed E-state index contributed by atoms with van der Waals surface area (Å²) in [5, 5.41) is 14.6. The van der Waals surface area contributed by atoms with Gasteiger partial charge in [-0.15, -0.1) is 0 Å². The topological polar surface area (TPSA) is 48.0 Å². The van der Waals surface area contributed by atoms with Crippen molar-refractivity contribution in [3.05, 3.63) is 29.5 Å². The molecule has 1 atom stereocenters. The lowest BCUT2D eigenvalue weighted by atomic mass is 9.89. The Morgan fingerprint density at radius 3 is 3.00 bits per heavy atom. The van der Waals surface area contributed by atoms with Gasteiger partial charge in [0.2, 0.25) is 0 Å². The van der Waals surface area contributed by atoms with Crippen LogP contribution in [0, 0.1) is 0 Å². The molecule has 3 nitrogen and oxygen atoms in total. The Morgan fingerprint density at radius 2 is 2.18 bits per heavy atom. The Kier molecular flexibility index (Phi) is 2.56. The van der Waals surface area contributed by atoms with E-state index in [1.54, 1.807) is 6.07 Å². The van der Waals surface area contributed by atoms with E-state index in [1.807, 2.05) is 6.20 Å². The van der Waals surface area contributed by atoms with E-state index in [4.69, 9.17) is 0 Å². The molecule has 0 saturated heterocycles. The first-order chi connectivity index (χ1) is 8.29. The fraction of sp³-hybridized carbons (Fsp3) is 0.429. The molecule has 3 rings (SSSR count). The third-order valence-corrected chi connectivity index (χ3v) is 3.60. The standard InChI is InChI=1S/C14H18N2O/c1-2-5-15-11-6-9-3-4-12(17)14-13(9)10(7-11)8-16-14/h3-4,8,11,15-17H,2,5-7H2,1H3. The lowest BCUT2D eigenvalue weighted by Gasteiger charge is -2.23. The monoisotopic (exact) mass is 230 g/mol. The van der Waals surface area contributed by atoms with Gasteiger partial charge in [0.1, 0.15) is 5.75 Å². The zero-order chi connectivity index (χ0) is 11.8. The van der Waals surface area contributed by atoms with Crippen molar-refractivity contribution in [2.24, 2.45) is 0 Å². The number of phenolic OH excluding ortho intramolecular Hbond substituents is 1. The first-order valence-corrected chi connectivity index (χ1v) is 6.33. The van der Waals surface area contributed by atoms with Gasteiger partial charge in [-0.2, -0.15) is 0 Å². The molecular formula is C14H18N2O. The van der Waals surface area contributed by atoms with Crippen LogP contribution in [0.15, 0.2) is 18.3 Å². The molecule has 1 aliphatic carbocycles. The highest BCUT2D eigenvalue weighted by Crippen LogP contribution is 2.34. The van der Waals surface area contributed by atoms with Crippen molar-refractivity contribution >= 4 is 10.9 Å². The maximum absolute atomic E-state index is 9.79. The predicted molar refractivity (Wildman–Crippen MR) is 69.5 cm³/mol. The Bertz CT molecular complexity index is 544. The molecule has 3 heteroatoms. The van der Waals surface area contributed by atoms with Gasteiger partial charge in [0.25, 0.3) is 0 Å². The van der Waals surface area contributed by atoms with E-state index in [1.165, 1.54) is 22.9 Å². The molecule has 0 amide bonds. The van der Waals surface area contributed by atoms with Gasteiger partial charge in [0.15, 0.2) is 0 Å². The van der Waals surface area contributed by atoms with Gasteiger partial charge < -0.3 is 15.4 Å². The highest BCUT2D eigenvalue weighted by Gasteiger charge is 2.22. The maximum Gasteiger partial charge on any atom is 0.139 e. The average molecular weight is 230 g/mol. The summed E-state index contributed by atoms with van der Waals surface area (Å²) in [6.45, 7) is 3.27. The van der Waals surface area contributed by atoms with Crippen LogP contribution >= 0.6 is 0 Å². The number of rotatable bonds is 3. The Labute approximate surface area is 101 Å². The van der Waals surface area contributed by atoms with Crippen molar-refractivity contribution in [2.75, 3.05) is 6.54 Å². The zero-order valence-corrected chi connectivity index (χ0v) is 10.1. The summed E-state index contributed by atoms with van der Waals surface area (Å²) in [7, 11) is 0. The van der Waals surface area contributed by atoms with E-state index in [0.717, 1.165) is 24.9 Å². The van der Waals surface area contributed by atoms with Crippen molar-refractivity contribution in [3.8, 4) is 5.75 Å². The number of H-pyrrole nitrogens is 1. The second kappa shape index (κ2) is 4.08. The summed E-state index contributed by atoms with van der Waals surface area (Å²) in [6, 6.07) is 4.38. The van der Waals surface area contributed by atoms with Crippen LogP contribution in [-0.2, 0) is 12.8 Å². The van der Waals surface area contributed by atoms with Crippen molar-refractivity contribution in [1.29, 1.82) is 0 Å². The summed E-state index contributed by atoms with van der Waals surface area (Å²) >= 11 is 0. The minimum absolute atomic E-state index is 0.356. The molecule has 1 aliphatic rings. The van der Waals surface area contributed by atoms with Crippen LogP contribution in [0.5, 0.6) is 5.75 Å². The van der Waals surface area contributed by atoms with E-state index < -0.39 is 0 Å². The van der Waals surface area contributed by atoms with Gasteiger partial charge in [0, 0.05) is 17.6 Å². The molecule has 1 unspecified atom stereocenters. The summed E-state index contributed by atoms with van der Waals surface area (Å²) < 4.78 is 0. The highest BCUT2D eigenvalue weighted by molar-refractivity contribution is 5.91. The van der Waals surface area contributed by atoms with Crippen molar-refractivity contribution in [3.63, 3.8) is 0 Å². The molecule has 17 heavy (non-hydrogen) atoms. The number of benzene rings is 1. The third kappa shape index (κ3) is 1.71. The summed E-state index contributed by atoms with van der Waals surface area (Å²) in [5.74, 6) is 0.356. The van der Waals surface area contributed by atoms with Crippen LogP contribution in [0.1, 0.15) is 24.5 Å². The van der Waals surface area contributed by atoms with E-state index >= 15 is 0 Å². The highest BCUT2D eigenvalue weighted by atomic mass is 16.3. The zero-order valence-electron chi connectivity index (χ0n) is 10.1. The smallest absolute Gasteiger partial charge is 0.139 e. The number of hydrogen-bond acceptors (Lipinski definition) is 2. The minimum Gasteiger partial charge on any atom is -0.506 e.